The van der Waals surface area contributed by atoms with Crippen LogP contribution < -0.4 is 0 Å². The molecular formula is C39H30N4. The summed E-state index contributed by atoms with van der Waals surface area (Å²) >= 11 is 0. The van der Waals surface area contributed by atoms with E-state index in [1.54, 1.807) is 24.8 Å². The molecule has 0 atom stereocenters. The van der Waals surface area contributed by atoms with E-state index in [0.29, 0.717) is 0 Å². The van der Waals surface area contributed by atoms with Gasteiger partial charge in [0, 0.05) is 71.8 Å². The third-order valence-electron chi connectivity index (χ3n) is 7.22. The molecular weight excluding hydrogens is 524 g/mol. The SMILES string of the molecule is C=C/C(=C\C=C/Cc1cc(-c2cccnc2)cc(-c2cccnc2)c1)c1cc(-c2cccnc2)cc(-c2cccnc2)c1. The predicted octanol–water partition coefficient (Wildman–Crippen LogP) is 9.30. The average molecular weight is 555 g/mol. The normalized spacial score (nSPS) is 11.5. The van der Waals surface area contributed by atoms with Crippen LogP contribution in [-0.4, -0.2) is 19.9 Å². The van der Waals surface area contributed by atoms with Crippen LogP contribution in [0.15, 0.2) is 165 Å². The minimum Gasteiger partial charge on any atom is -0.264 e. The van der Waals surface area contributed by atoms with Crippen molar-refractivity contribution >= 4 is 5.57 Å². The van der Waals surface area contributed by atoms with Gasteiger partial charge in [-0.15, -0.1) is 0 Å². The Morgan fingerprint density at radius 1 is 0.535 bits per heavy atom. The number of benzene rings is 2. The average Bonchev–Trinajstić information content (AvgIpc) is 3.09. The predicted molar refractivity (Wildman–Crippen MR) is 177 cm³/mol. The molecule has 206 valence electrons. The summed E-state index contributed by atoms with van der Waals surface area (Å²) in [7, 11) is 0. The Morgan fingerprint density at radius 3 is 1.33 bits per heavy atom. The molecule has 6 rings (SSSR count). The van der Waals surface area contributed by atoms with Gasteiger partial charge in [-0.3, -0.25) is 19.9 Å². The van der Waals surface area contributed by atoms with Crippen LogP contribution in [0.4, 0.5) is 0 Å². The highest BCUT2D eigenvalue weighted by atomic mass is 14.6. The molecule has 4 heteroatoms. The van der Waals surface area contributed by atoms with Gasteiger partial charge < -0.3 is 0 Å². The maximum Gasteiger partial charge on any atom is 0.0346 e. The minimum atomic E-state index is 0.777. The minimum absolute atomic E-state index is 0.777. The lowest BCUT2D eigenvalue weighted by Crippen LogP contribution is -1.89. The Labute approximate surface area is 252 Å². The molecule has 0 saturated carbocycles. The van der Waals surface area contributed by atoms with Gasteiger partial charge in [0.05, 0.1) is 0 Å². The molecule has 0 aliphatic carbocycles. The van der Waals surface area contributed by atoms with Crippen LogP contribution in [-0.2, 0) is 6.42 Å². The molecule has 0 unspecified atom stereocenters. The van der Waals surface area contributed by atoms with Gasteiger partial charge in [-0.25, -0.2) is 0 Å². The Morgan fingerprint density at radius 2 is 0.953 bits per heavy atom. The number of pyridine rings is 4. The number of rotatable bonds is 9. The van der Waals surface area contributed by atoms with E-state index in [1.807, 2.05) is 55.1 Å². The maximum absolute atomic E-state index is 4.33. The van der Waals surface area contributed by atoms with Crippen molar-refractivity contribution in [1.82, 2.24) is 19.9 Å². The van der Waals surface area contributed by atoms with Crippen molar-refractivity contribution < 1.29 is 0 Å². The lowest BCUT2D eigenvalue weighted by atomic mass is 9.94. The third kappa shape index (κ3) is 6.77. The Balaban J connectivity index is 1.32. The first-order valence-electron chi connectivity index (χ1n) is 14.2. The molecule has 2 aromatic carbocycles. The van der Waals surface area contributed by atoms with Gasteiger partial charge in [-0.05, 0) is 93.9 Å². The molecule has 4 heterocycles. The summed E-state index contributed by atoms with van der Waals surface area (Å²) in [6, 6.07) is 29.4. The highest BCUT2D eigenvalue weighted by Crippen LogP contribution is 2.31. The van der Waals surface area contributed by atoms with Crippen LogP contribution in [0.1, 0.15) is 11.1 Å². The summed E-state index contributed by atoms with van der Waals surface area (Å²) < 4.78 is 0. The van der Waals surface area contributed by atoms with E-state index >= 15 is 0 Å². The molecule has 0 saturated heterocycles. The number of nitrogens with zero attached hydrogens (tertiary/aromatic N) is 4. The van der Waals surface area contributed by atoms with E-state index < -0.39 is 0 Å². The molecule has 0 aliphatic heterocycles. The second kappa shape index (κ2) is 13.3. The first-order valence-corrected chi connectivity index (χ1v) is 14.2. The molecule has 0 aliphatic rings. The molecule has 0 fully saturated rings. The highest BCUT2D eigenvalue weighted by Gasteiger charge is 2.09. The van der Waals surface area contributed by atoms with Crippen molar-refractivity contribution in [2.75, 3.05) is 0 Å². The first-order chi connectivity index (χ1) is 21.3. The van der Waals surface area contributed by atoms with E-state index in [4.69, 9.17) is 0 Å². The molecule has 4 aromatic heterocycles. The fourth-order valence-electron chi connectivity index (χ4n) is 5.06. The van der Waals surface area contributed by atoms with Crippen molar-refractivity contribution in [1.29, 1.82) is 0 Å². The summed E-state index contributed by atoms with van der Waals surface area (Å²) in [5.41, 5.74) is 12.1. The summed E-state index contributed by atoms with van der Waals surface area (Å²) in [4.78, 5) is 17.3. The zero-order valence-corrected chi connectivity index (χ0v) is 23.7. The quantitative estimate of drug-likeness (QED) is 0.167. The van der Waals surface area contributed by atoms with Gasteiger partial charge in [-0.2, -0.15) is 0 Å². The Hall–Kier alpha value is -5.74. The Bertz CT molecular complexity index is 1760. The van der Waals surface area contributed by atoms with E-state index in [-0.39, 0.29) is 0 Å². The summed E-state index contributed by atoms with van der Waals surface area (Å²) in [5.74, 6) is 0. The van der Waals surface area contributed by atoms with Crippen molar-refractivity contribution in [2.24, 2.45) is 0 Å². The van der Waals surface area contributed by atoms with Gasteiger partial charge in [0.2, 0.25) is 0 Å². The first kappa shape index (κ1) is 27.4. The van der Waals surface area contributed by atoms with Gasteiger partial charge in [0.15, 0.2) is 0 Å². The van der Waals surface area contributed by atoms with Crippen LogP contribution in [0.5, 0.6) is 0 Å². The molecule has 4 nitrogen and oxygen atoms in total. The smallest absolute Gasteiger partial charge is 0.0346 e. The molecule has 0 radical (unpaired) electrons. The van der Waals surface area contributed by atoms with Crippen molar-refractivity contribution in [2.45, 2.75) is 6.42 Å². The molecule has 0 amide bonds. The second-order valence-corrected chi connectivity index (χ2v) is 10.1. The molecule has 0 bridgehead atoms. The largest absolute Gasteiger partial charge is 0.264 e. The summed E-state index contributed by atoms with van der Waals surface area (Å²) in [6.45, 7) is 4.13. The lowest BCUT2D eigenvalue weighted by molar-refractivity contribution is 1.26. The number of allylic oxidation sites excluding steroid dienone is 5. The van der Waals surface area contributed by atoms with Crippen molar-refractivity contribution in [3.8, 4) is 44.5 Å². The van der Waals surface area contributed by atoms with Crippen molar-refractivity contribution in [3.63, 3.8) is 0 Å². The van der Waals surface area contributed by atoms with E-state index in [2.05, 4.69) is 105 Å². The van der Waals surface area contributed by atoms with E-state index in [0.717, 1.165) is 62.1 Å². The van der Waals surface area contributed by atoms with Gasteiger partial charge in [0.1, 0.15) is 0 Å². The highest BCUT2D eigenvalue weighted by molar-refractivity contribution is 5.83. The fourth-order valence-corrected chi connectivity index (χ4v) is 5.06. The van der Waals surface area contributed by atoms with E-state index in [1.165, 1.54) is 5.56 Å². The third-order valence-corrected chi connectivity index (χ3v) is 7.22. The van der Waals surface area contributed by atoms with Crippen LogP contribution in [0, 0.1) is 0 Å². The molecule has 6 aromatic rings. The van der Waals surface area contributed by atoms with Crippen LogP contribution in [0.25, 0.3) is 50.1 Å². The maximum atomic E-state index is 4.33. The van der Waals surface area contributed by atoms with Crippen LogP contribution in [0.2, 0.25) is 0 Å². The molecule has 0 N–H and O–H groups in total. The molecule has 0 spiro atoms. The number of hydrogen-bond donors (Lipinski definition) is 0. The lowest BCUT2D eigenvalue weighted by Gasteiger charge is -2.11. The topological polar surface area (TPSA) is 51.6 Å². The Kier molecular flexibility index (Phi) is 8.47. The number of aromatic nitrogens is 4. The monoisotopic (exact) mass is 554 g/mol. The standard InChI is InChI=1S/C39H30N4/c1-2-30(37-22-38(33-13-7-17-42-27-33)24-39(23-37)34-14-8-18-43-28-34)10-4-3-9-29-19-35(31-11-5-15-40-25-31)21-36(20-29)32-12-6-16-41-26-32/h2-8,10-28H,1,9H2/b4-3-,30-10+. The number of hydrogen-bond acceptors (Lipinski definition) is 4. The zero-order valence-electron chi connectivity index (χ0n) is 23.7. The van der Waals surface area contributed by atoms with Crippen LogP contribution >= 0.6 is 0 Å². The second-order valence-electron chi connectivity index (χ2n) is 10.1. The fraction of sp³-hybridized carbons (Fsp3) is 0.0256. The van der Waals surface area contributed by atoms with Crippen LogP contribution in [0.3, 0.4) is 0 Å². The van der Waals surface area contributed by atoms with Gasteiger partial charge in [-0.1, -0.05) is 67.3 Å². The van der Waals surface area contributed by atoms with E-state index in [9.17, 15) is 0 Å². The van der Waals surface area contributed by atoms with Gasteiger partial charge in [0.25, 0.3) is 0 Å². The summed E-state index contributed by atoms with van der Waals surface area (Å²) in [5, 5.41) is 0. The zero-order chi connectivity index (χ0) is 29.3. The molecule has 43 heavy (non-hydrogen) atoms. The van der Waals surface area contributed by atoms with Crippen molar-refractivity contribution in [3.05, 3.63) is 177 Å². The summed E-state index contributed by atoms with van der Waals surface area (Å²) in [6.07, 6.45) is 23.9. The van der Waals surface area contributed by atoms with Gasteiger partial charge >= 0.3 is 0 Å².